The molecule has 1 heterocycles. The second-order valence-corrected chi connectivity index (χ2v) is 8.45. The van der Waals surface area contributed by atoms with Gasteiger partial charge < -0.3 is 4.74 Å². The van der Waals surface area contributed by atoms with Crippen LogP contribution in [0.4, 0.5) is 0 Å². The topological polar surface area (TPSA) is 49.9 Å². The van der Waals surface area contributed by atoms with Gasteiger partial charge in [-0.25, -0.2) is 12.7 Å². The summed E-state index contributed by atoms with van der Waals surface area (Å²) in [6, 6.07) is 0.833. The Labute approximate surface area is 124 Å². The maximum atomic E-state index is 12.5. The summed E-state index contributed by atoms with van der Waals surface area (Å²) in [5.74, 6) is 0. The second-order valence-electron chi connectivity index (χ2n) is 6.19. The lowest BCUT2D eigenvalue weighted by Gasteiger charge is -2.32. The zero-order valence-electron chi connectivity index (χ0n) is 13.7. The van der Waals surface area contributed by atoms with Crippen LogP contribution in [-0.4, -0.2) is 67.8 Å². The van der Waals surface area contributed by atoms with Crippen LogP contribution in [0.25, 0.3) is 0 Å². The standard InChI is InChI=1S/C14H30N2O3S/c1-11(2)16(12(3)4)9-8-15(6)20(17,18)14-7-10-19-13(14)5/h11-14H,7-10H2,1-6H3/t13-,14-/m0/s1. The molecular formula is C14H30N2O3S. The highest BCUT2D eigenvalue weighted by Gasteiger charge is 2.38. The van der Waals surface area contributed by atoms with Gasteiger partial charge in [-0.05, 0) is 41.0 Å². The van der Waals surface area contributed by atoms with E-state index in [1.807, 2.05) is 6.92 Å². The van der Waals surface area contributed by atoms with Crippen molar-refractivity contribution in [1.29, 1.82) is 0 Å². The third kappa shape index (κ3) is 4.16. The molecule has 20 heavy (non-hydrogen) atoms. The summed E-state index contributed by atoms with van der Waals surface area (Å²) in [4.78, 5) is 2.31. The van der Waals surface area contributed by atoms with Gasteiger partial charge in [-0.1, -0.05) is 0 Å². The van der Waals surface area contributed by atoms with Crippen LogP contribution in [0, 0.1) is 0 Å². The van der Waals surface area contributed by atoms with Crippen molar-refractivity contribution in [2.24, 2.45) is 0 Å². The molecule has 0 amide bonds. The first-order chi connectivity index (χ1) is 9.17. The van der Waals surface area contributed by atoms with Gasteiger partial charge in [0.25, 0.3) is 0 Å². The first-order valence-corrected chi connectivity index (χ1v) is 9.00. The van der Waals surface area contributed by atoms with Crippen molar-refractivity contribution in [1.82, 2.24) is 9.21 Å². The zero-order chi connectivity index (χ0) is 15.5. The Balaban J connectivity index is 2.63. The first kappa shape index (κ1) is 17.9. The van der Waals surface area contributed by atoms with Gasteiger partial charge in [-0.3, -0.25) is 4.90 Å². The van der Waals surface area contributed by atoms with E-state index in [4.69, 9.17) is 4.74 Å². The molecule has 1 fully saturated rings. The third-order valence-electron chi connectivity index (χ3n) is 4.12. The SMILES string of the molecule is CC(C)N(CCN(C)S(=O)(=O)[C@H]1CCO[C@H]1C)C(C)C. The molecule has 0 unspecified atom stereocenters. The Morgan fingerprint density at radius 2 is 1.70 bits per heavy atom. The van der Waals surface area contributed by atoms with Crippen LogP contribution in [0.5, 0.6) is 0 Å². The van der Waals surface area contributed by atoms with Gasteiger partial charge in [0.05, 0.1) is 6.10 Å². The molecule has 5 nitrogen and oxygen atoms in total. The third-order valence-corrected chi connectivity index (χ3v) is 6.56. The largest absolute Gasteiger partial charge is 0.377 e. The molecule has 0 aromatic heterocycles. The number of nitrogens with zero attached hydrogens (tertiary/aromatic N) is 2. The summed E-state index contributed by atoms with van der Waals surface area (Å²) in [5, 5.41) is -0.390. The van der Waals surface area contributed by atoms with Crippen molar-refractivity contribution in [3.05, 3.63) is 0 Å². The van der Waals surface area contributed by atoms with E-state index in [9.17, 15) is 8.42 Å². The van der Waals surface area contributed by atoms with Crippen LogP contribution in [0.3, 0.4) is 0 Å². The number of ether oxygens (including phenoxy) is 1. The van der Waals surface area contributed by atoms with Crippen molar-refractivity contribution in [3.8, 4) is 0 Å². The molecule has 0 aliphatic carbocycles. The van der Waals surface area contributed by atoms with Gasteiger partial charge in [0, 0.05) is 38.8 Å². The smallest absolute Gasteiger partial charge is 0.219 e. The number of rotatable bonds is 7. The molecule has 1 rings (SSSR count). The van der Waals surface area contributed by atoms with Gasteiger partial charge in [0.2, 0.25) is 10.0 Å². The minimum atomic E-state index is -3.25. The quantitative estimate of drug-likeness (QED) is 0.716. The van der Waals surface area contributed by atoms with Crippen molar-refractivity contribution < 1.29 is 13.2 Å². The Morgan fingerprint density at radius 1 is 1.15 bits per heavy atom. The monoisotopic (exact) mass is 306 g/mol. The van der Waals surface area contributed by atoms with E-state index >= 15 is 0 Å². The molecule has 0 saturated carbocycles. The molecule has 1 aliphatic rings. The minimum Gasteiger partial charge on any atom is -0.377 e. The summed E-state index contributed by atoms with van der Waals surface area (Å²) in [6.07, 6.45) is 0.403. The average Bonchev–Trinajstić information content (AvgIpc) is 2.75. The molecule has 1 aliphatic heterocycles. The summed E-state index contributed by atoms with van der Waals surface area (Å²) < 4.78 is 31.9. The van der Waals surface area contributed by atoms with Crippen molar-refractivity contribution in [2.45, 2.75) is 64.5 Å². The van der Waals surface area contributed by atoms with Gasteiger partial charge >= 0.3 is 0 Å². The van der Waals surface area contributed by atoms with Crippen molar-refractivity contribution >= 4 is 10.0 Å². The normalized spacial score (nSPS) is 24.5. The lowest BCUT2D eigenvalue weighted by molar-refractivity contribution is 0.125. The molecule has 2 atom stereocenters. The fourth-order valence-corrected chi connectivity index (χ4v) is 4.59. The van der Waals surface area contributed by atoms with Crippen LogP contribution in [0.15, 0.2) is 0 Å². The van der Waals surface area contributed by atoms with Gasteiger partial charge in [-0.15, -0.1) is 0 Å². The highest BCUT2D eigenvalue weighted by Crippen LogP contribution is 2.23. The maximum Gasteiger partial charge on any atom is 0.219 e. The van der Waals surface area contributed by atoms with Crippen LogP contribution >= 0.6 is 0 Å². The minimum absolute atomic E-state index is 0.200. The summed E-state index contributed by atoms with van der Waals surface area (Å²) in [7, 11) is -1.57. The van der Waals surface area contributed by atoms with Gasteiger partial charge in [0.15, 0.2) is 0 Å². The fourth-order valence-electron chi connectivity index (χ4n) is 2.83. The van der Waals surface area contributed by atoms with Crippen LogP contribution in [0.1, 0.15) is 41.0 Å². The van der Waals surface area contributed by atoms with E-state index in [1.54, 1.807) is 7.05 Å². The summed E-state index contributed by atoms with van der Waals surface area (Å²) in [6.45, 7) is 12.2. The molecule has 120 valence electrons. The molecule has 0 N–H and O–H groups in total. The Kier molecular flexibility index (Phi) is 6.44. The van der Waals surface area contributed by atoms with E-state index in [1.165, 1.54) is 4.31 Å². The van der Waals surface area contributed by atoms with E-state index in [2.05, 4.69) is 32.6 Å². The maximum absolute atomic E-state index is 12.5. The highest BCUT2D eigenvalue weighted by atomic mass is 32.2. The Hall–Kier alpha value is -0.170. The number of hydrogen-bond donors (Lipinski definition) is 0. The van der Waals surface area contributed by atoms with Crippen LogP contribution < -0.4 is 0 Å². The number of sulfonamides is 1. The lowest BCUT2D eigenvalue weighted by atomic mass is 10.2. The second kappa shape index (κ2) is 7.20. The van der Waals surface area contributed by atoms with Crippen molar-refractivity contribution in [3.63, 3.8) is 0 Å². The first-order valence-electron chi connectivity index (χ1n) is 7.50. The molecule has 0 aromatic carbocycles. The van der Waals surface area contributed by atoms with E-state index in [-0.39, 0.29) is 11.4 Å². The Bertz CT molecular complexity index is 387. The summed E-state index contributed by atoms with van der Waals surface area (Å²) >= 11 is 0. The molecule has 0 radical (unpaired) electrons. The Morgan fingerprint density at radius 3 is 2.10 bits per heavy atom. The molecule has 0 bridgehead atoms. The highest BCUT2D eigenvalue weighted by molar-refractivity contribution is 7.89. The average molecular weight is 306 g/mol. The molecule has 0 aromatic rings. The molecule has 0 spiro atoms. The lowest BCUT2D eigenvalue weighted by Crippen LogP contribution is -2.46. The predicted molar refractivity (Wildman–Crippen MR) is 82.3 cm³/mol. The fraction of sp³-hybridized carbons (Fsp3) is 1.00. The van der Waals surface area contributed by atoms with Gasteiger partial charge in [-0.2, -0.15) is 0 Å². The van der Waals surface area contributed by atoms with E-state index < -0.39 is 10.0 Å². The van der Waals surface area contributed by atoms with Crippen LogP contribution in [-0.2, 0) is 14.8 Å². The zero-order valence-corrected chi connectivity index (χ0v) is 14.5. The molecule has 1 saturated heterocycles. The van der Waals surface area contributed by atoms with Crippen LogP contribution in [0.2, 0.25) is 0 Å². The summed E-state index contributed by atoms with van der Waals surface area (Å²) in [5.41, 5.74) is 0. The number of likely N-dealkylation sites (N-methyl/N-ethyl adjacent to an activating group) is 1. The molecule has 6 heteroatoms. The van der Waals surface area contributed by atoms with E-state index in [0.717, 1.165) is 6.54 Å². The predicted octanol–water partition coefficient (Wildman–Crippen LogP) is 1.54. The van der Waals surface area contributed by atoms with Gasteiger partial charge in [0.1, 0.15) is 5.25 Å². The van der Waals surface area contributed by atoms with E-state index in [0.29, 0.717) is 31.7 Å². The molecular weight excluding hydrogens is 276 g/mol. The van der Waals surface area contributed by atoms with Crippen molar-refractivity contribution in [2.75, 3.05) is 26.7 Å². The number of hydrogen-bond acceptors (Lipinski definition) is 4.